The van der Waals surface area contributed by atoms with Gasteiger partial charge in [-0.15, -0.1) is 0 Å². The molecule has 2 aromatic rings. The van der Waals surface area contributed by atoms with Gasteiger partial charge in [0.25, 0.3) is 5.91 Å². The Morgan fingerprint density at radius 1 is 1.25 bits per heavy atom. The first-order valence-electron chi connectivity index (χ1n) is 9.20. The molecule has 0 bridgehead atoms. The lowest BCUT2D eigenvalue weighted by Gasteiger charge is -2.16. The standard InChI is InChI=1S/C21H22N6O/c1-13-15(7-8-22)19(14-5-3-2-4-6-14)17(26-13)11-18-20(24-10-9-23-18)16-12-25-27-21(16)28/h2-6,9-12,16,23,26H,7-8,22H2,1H3,(H,27,28). The van der Waals surface area contributed by atoms with E-state index in [4.69, 9.17) is 5.73 Å². The zero-order chi connectivity index (χ0) is 19.5. The van der Waals surface area contributed by atoms with Gasteiger partial charge in [-0.1, -0.05) is 30.3 Å². The van der Waals surface area contributed by atoms with Gasteiger partial charge in [0.2, 0.25) is 0 Å². The summed E-state index contributed by atoms with van der Waals surface area (Å²) in [4.78, 5) is 20.0. The van der Waals surface area contributed by atoms with Gasteiger partial charge in [-0.3, -0.25) is 9.79 Å². The molecule has 5 N–H and O–H groups in total. The molecule has 0 fully saturated rings. The topological polar surface area (TPSA) is 108 Å². The second-order valence-corrected chi connectivity index (χ2v) is 6.69. The summed E-state index contributed by atoms with van der Waals surface area (Å²) in [5, 5.41) is 7.08. The molecule has 4 rings (SSSR count). The van der Waals surface area contributed by atoms with Crippen LogP contribution in [0.4, 0.5) is 0 Å². The molecule has 0 radical (unpaired) electrons. The van der Waals surface area contributed by atoms with Crippen LogP contribution in [0.5, 0.6) is 0 Å². The third-order valence-corrected chi connectivity index (χ3v) is 4.87. The number of amides is 1. The average molecular weight is 374 g/mol. The van der Waals surface area contributed by atoms with E-state index < -0.39 is 5.92 Å². The van der Waals surface area contributed by atoms with Gasteiger partial charge in [-0.25, -0.2) is 5.43 Å². The van der Waals surface area contributed by atoms with Crippen LogP contribution in [0, 0.1) is 12.8 Å². The molecule has 0 aliphatic carbocycles. The number of carbonyl (C=O) groups excluding carboxylic acids is 1. The number of aromatic nitrogens is 1. The van der Waals surface area contributed by atoms with Crippen molar-refractivity contribution in [2.75, 3.05) is 6.54 Å². The van der Waals surface area contributed by atoms with Gasteiger partial charge >= 0.3 is 0 Å². The molecule has 7 nitrogen and oxygen atoms in total. The van der Waals surface area contributed by atoms with Crippen LogP contribution in [-0.2, 0) is 11.2 Å². The number of nitrogens with two attached hydrogens (primary N) is 1. The lowest BCUT2D eigenvalue weighted by Crippen LogP contribution is -2.32. The predicted molar refractivity (Wildman–Crippen MR) is 112 cm³/mol. The maximum Gasteiger partial charge on any atom is 0.254 e. The molecule has 1 atom stereocenters. The number of allylic oxidation sites excluding steroid dienone is 1. The minimum absolute atomic E-state index is 0.184. The number of aliphatic imine (C=N–C) groups is 1. The number of aromatic amines is 1. The molecule has 1 aromatic heterocycles. The highest BCUT2D eigenvalue weighted by Gasteiger charge is 2.30. The first kappa shape index (κ1) is 17.9. The number of hydrogen-bond acceptors (Lipinski definition) is 5. The van der Waals surface area contributed by atoms with Crippen LogP contribution < -0.4 is 16.5 Å². The molecular formula is C21H22N6O. The van der Waals surface area contributed by atoms with E-state index in [-0.39, 0.29) is 5.91 Å². The second-order valence-electron chi connectivity index (χ2n) is 6.69. The first-order valence-corrected chi connectivity index (χ1v) is 9.20. The van der Waals surface area contributed by atoms with Crippen molar-refractivity contribution >= 4 is 23.9 Å². The van der Waals surface area contributed by atoms with Crippen LogP contribution in [-0.4, -0.2) is 29.4 Å². The number of hydrazone groups is 1. The molecule has 0 saturated heterocycles. The fourth-order valence-electron chi connectivity index (χ4n) is 3.59. The van der Waals surface area contributed by atoms with Gasteiger partial charge in [0.15, 0.2) is 0 Å². The normalized spacial score (nSPS) is 19.6. The predicted octanol–water partition coefficient (Wildman–Crippen LogP) is 2.08. The van der Waals surface area contributed by atoms with Gasteiger partial charge in [0.1, 0.15) is 5.92 Å². The van der Waals surface area contributed by atoms with Crippen LogP contribution >= 0.6 is 0 Å². The third-order valence-electron chi connectivity index (χ3n) is 4.87. The fraction of sp³-hybridized carbons (Fsp3) is 0.190. The van der Waals surface area contributed by atoms with E-state index in [1.54, 1.807) is 18.6 Å². The van der Waals surface area contributed by atoms with Crippen molar-refractivity contribution in [1.82, 2.24) is 15.7 Å². The average Bonchev–Trinajstić information content (AvgIpc) is 3.26. The molecule has 7 heteroatoms. The Morgan fingerprint density at radius 2 is 2.07 bits per heavy atom. The number of hydrogen-bond donors (Lipinski definition) is 4. The highest BCUT2D eigenvalue weighted by molar-refractivity contribution is 6.24. The summed E-state index contributed by atoms with van der Waals surface area (Å²) in [6, 6.07) is 10.2. The smallest absolute Gasteiger partial charge is 0.254 e. The van der Waals surface area contributed by atoms with E-state index in [9.17, 15) is 4.79 Å². The Hall–Kier alpha value is -3.45. The van der Waals surface area contributed by atoms with E-state index in [1.165, 1.54) is 5.56 Å². The SMILES string of the molecule is Cc1[nH]c(C=C2NC=CN=C2C2C=NNC2=O)c(-c2ccccc2)c1CCN. The lowest BCUT2D eigenvalue weighted by molar-refractivity contribution is -0.120. The maximum atomic E-state index is 12.1. The highest BCUT2D eigenvalue weighted by atomic mass is 16.2. The number of aryl methyl sites for hydroxylation is 1. The van der Waals surface area contributed by atoms with Crippen LogP contribution in [0.25, 0.3) is 17.2 Å². The van der Waals surface area contributed by atoms with Gasteiger partial charge < -0.3 is 16.0 Å². The summed E-state index contributed by atoms with van der Waals surface area (Å²) < 4.78 is 0. The maximum absolute atomic E-state index is 12.1. The summed E-state index contributed by atoms with van der Waals surface area (Å²) in [5.41, 5.74) is 15.2. The number of H-pyrrole nitrogens is 1. The van der Waals surface area contributed by atoms with Crippen LogP contribution in [0.2, 0.25) is 0 Å². The molecule has 1 unspecified atom stereocenters. The monoisotopic (exact) mass is 374 g/mol. The molecule has 1 aromatic carbocycles. The van der Waals surface area contributed by atoms with E-state index in [0.29, 0.717) is 12.3 Å². The van der Waals surface area contributed by atoms with Crippen molar-refractivity contribution in [3.05, 3.63) is 65.4 Å². The Labute approximate surface area is 163 Å². The number of rotatable bonds is 5. The van der Waals surface area contributed by atoms with Crippen molar-refractivity contribution in [2.24, 2.45) is 21.7 Å². The summed E-state index contributed by atoms with van der Waals surface area (Å²) in [5.74, 6) is -0.694. The summed E-state index contributed by atoms with van der Waals surface area (Å²) in [6.07, 6.45) is 7.74. The second kappa shape index (κ2) is 7.66. The van der Waals surface area contributed by atoms with Crippen molar-refractivity contribution in [2.45, 2.75) is 13.3 Å². The van der Waals surface area contributed by atoms with E-state index in [0.717, 1.165) is 34.6 Å². The Kier molecular flexibility index (Phi) is 4.90. The molecule has 0 saturated carbocycles. The van der Waals surface area contributed by atoms with Gasteiger partial charge in [-0.2, -0.15) is 5.10 Å². The van der Waals surface area contributed by atoms with E-state index in [1.807, 2.05) is 24.3 Å². The van der Waals surface area contributed by atoms with E-state index >= 15 is 0 Å². The first-order chi connectivity index (χ1) is 13.7. The van der Waals surface area contributed by atoms with Gasteiger partial charge in [0, 0.05) is 35.6 Å². The minimum atomic E-state index is -0.511. The summed E-state index contributed by atoms with van der Waals surface area (Å²) >= 11 is 0. The summed E-state index contributed by atoms with van der Waals surface area (Å²) in [6.45, 7) is 2.63. The van der Waals surface area contributed by atoms with Crippen molar-refractivity contribution in [1.29, 1.82) is 0 Å². The van der Waals surface area contributed by atoms with Crippen molar-refractivity contribution in [3.63, 3.8) is 0 Å². The zero-order valence-corrected chi connectivity index (χ0v) is 15.6. The van der Waals surface area contributed by atoms with Gasteiger partial charge in [-0.05, 0) is 37.1 Å². The largest absolute Gasteiger partial charge is 0.359 e. The number of nitrogens with zero attached hydrogens (tertiary/aromatic N) is 2. The Morgan fingerprint density at radius 3 is 2.79 bits per heavy atom. The highest BCUT2D eigenvalue weighted by Crippen LogP contribution is 2.32. The zero-order valence-electron chi connectivity index (χ0n) is 15.6. The molecule has 2 aliphatic rings. The minimum Gasteiger partial charge on any atom is -0.359 e. The molecule has 1 amide bonds. The van der Waals surface area contributed by atoms with Crippen molar-refractivity contribution in [3.8, 4) is 11.1 Å². The number of nitrogens with one attached hydrogen (secondary N) is 3. The molecule has 3 heterocycles. The van der Waals surface area contributed by atoms with Crippen LogP contribution in [0.15, 0.2) is 58.5 Å². The fourth-order valence-corrected chi connectivity index (χ4v) is 3.59. The van der Waals surface area contributed by atoms with Crippen LogP contribution in [0.3, 0.4) is 0 Å². The number of benzene rings is 1. The molecule has 2 aliphatic heterocycles. The lowest BCUT2D eigenvalue weighted by atomic mass is 9.96. The molecule has 28 heavy (non-hydrogen) atoms. The molecule has 142 valence electrons. The number of carbonyl (C=O) groups is 1. The summed E-state index contributed by atoms with van der Waals surface area (Å²) in [7, 11) is 0. The Balaban J connectivity index is 1.82. The van der Waals surface area contributed by atoms with Crippen molar-refractivity contribution < 1.29 is 4.79 Å². The molecule has 0 spiro atoms. The quantitative estimate of drug-likeness (QED) is 0.643. The third kappa shape index (κ3) is 3.27. The van der Waals surface area contributed by atoms with E-state index in [2.05, 4.69) is 44.9 Å². The Bertz CT molecular complexity index is 1010. The van der Waals surface area contributed by atoms with Gasteiger partial charge in [0.05, 0.1) is 11.4 Å². The van der Waals surface area contributed by atoms with Crippen LogP contribution in [0.1, 0.15) is 17.0 Å². The molecular weight excluding hydrogens is 352 g/mol.